The van der Waals surface area contributed by atoms with E-state index in [0.717, 1.165) is 38.1 Å². The van der Waals surface area contributed by atoms with E-state index >= 15 is 4.39 Å². The molecule has 0 N–H and O–H groups in total. The zero-order valence-electron chi connectivity index (χ0n) is 13.8. The topological polar surface area (TPSA) is 29.0 Å². The maximum Gasteiger partial charge on any atom is 0.158 e. The summed E-state index contributed by atoms with van der Waals surface area (Å²) in [6.45, 7) is 1.72. The number of fused-ring (bicyclic) bond motifs is 1. The van der Waals surface area contributed by atoms with Gasteiger partial charge < -0.3 is 4.90 Å². The average Bonchev–Trinajstić information content (AvgIpc) is 2.64. The maximum atomic E-state index is 15.2. The van der Waals surface area contributed by atoms with Crippen molar-refractivity contribution in [1.82, 2.24) is 9.97 Å². The van der Waals surface area contributed by atoms with E-state index in [-0.39, 0.29) is 16.6 Å². The molecule has 134 valence electrons. The summed E-state index contributed by atoms with van der Waals surface area (Å²) in [5.41, 5.74) is 0.136. The van der Waals surface area contributed by atoms with Gasteiger partial charge in [-0.1, -0.05) is 15.9 Å². The molecule has 0 radical (unpaired) electrons. The summed E-state index contributed by atoms with van der Waals surface area (Å²) in [6.07, 6.45) is 4.63. The minimum Gasteiger partial charge on any atom is -0.356 e. The fraction of sp³-hybridized carbons (Fsp3) is 0.263. The molecule has 26 heavy (non-hydrogen) atoms. The van der Waals surface area contributed by atoms with Crippen molar-refractivity contribution in [1.29, 1.82) is 0 Å². The van der Waals surface area contributed by atoms with Crippen LogP contribution in [-0.2, 0) is 0 Å². The van der Waals surface area contributed by atoms with Crippen LogP contribution in [-0.4, -0.2) is 23.1 Å². The van der Waals surface area contributed by atoms with Crippen molar-refractivity contribution in [2.24, 2.45) is 0 Å². The lowest BCUT2D eigenvalue weighted by atomic mass is 10.0. The molecule has 1 aromatic heterocycles. The molecule has 0 aliphatic carbocycles. The van der Waals surface area contributed by atoms with Crippen molar-refractivity contribution in [3.63, 3.8) is 0 Å². The minimum absolute atomic E-state index is 0.0178. The van der Waals surface area contributed by atoms with Gasteiger partial charge in [0.25, 0.3) is 0 Å². The standard InChI is InChI=1S/C19H15BrF3N3/c20-14-9-13-18(24-10-25-19(13)26-6-2-1-3-7-26)17(23)16(14)12-5-4-11(21)8-15(12)22/h4-5,8-10H,1-3,6-7H2. The van der Waals surface area contributed by atoms with Crippen molar-refractivity contribution < 1.29 is 13.2 Å². The van der Waals surface area contributed by atoms with Gasteiger partial charge in [-0.2, -0.15) is 0 Å². The van der Waals surface area contributed by atoms with Crippen LogP contribution in [0.2, 0.25) is 0 Å². The molecule has 1 aliphatic rings. The first-order valence-corrected chi connectivity index (χ1v) is 9.18. The SMILES string of the molecule is Fc1ccc(-c2c(Br)cc3c(N4CCCCC4)ncnc3c2F)c(F)c1. The minimum atomic E-state index is -0.825. The Morgan fingerprint density at radius 3 is 2.46 bits per heavy atom. The highest BCUT2D eigenvalue weighted by Gasteiger charge is 2.22. The number of nitrogens with zero attached hydrogens (tertiary/aromatic N) is 3. The number of anilines is 1. The lowest BCUT2D eigenvalue weighted by molar-refractivity contribution is 0.574. The number of benzene rings is 2. The summed E-state index contributed by atoms with van der Waals surface area (Å²) in [5.74, 6) is -1.51. The number of halogens is 4. The van der Waals surface area contributed by atoms with E-state index < -0.39 is 17.5 Å². The second-order valence-corrected chi connectivity index (χ2v) is 7.17. The Bertz CT molecular complexity index is 987. The van der Waals surface area contributed by atoms with Crippen LogP contribution in [0.25, 0.3) is 22.0 Å². The third-order valence-corrected chi connectivity index (χ3v) is 5.28. The molecule has 4 rings (SSSR count). The van der Waals surface area contributed by atoms with E-state index in [1.807, 2.05) is 0 Å². The monoisotopic (exact) mass is 421 g/mol. The quantitative estimate of drug-likeness (QED) is 0.549. The molecule has 1 saturated heterocycles. The summed E-state index contributed by atoms with van der Waals surface area (Å²) >= 11 is 3.34. The number of hydrogen-bond acceptors (Lipinski definition) is 3. The van der Waals surface area contributed by atoms with Crippen LogP contribution in [0.5, 0.6) is 0 Å². The summed E-state index contributed by atoms with van der Waals surface area (Å²) in [6, 6.07) is 4.78. The third kappa shape index (κ3) is 2.94. The smallest absolute Gasteiger partial charge is 0.158 e. The van der Waals surface area contributed by atoms with Gasteiger partial charge in [-0.05, 0) is 37.5 Å². The highest BCUT2D eigenvalue weighted by atomic mass is 79.9. The van der Waals surface area contributed by atoms with E-state index in [0.29, 0.717) is 15.7 Å². The number of piperidine rings is 1. The van der Waals surface area contributed by atoms with E-state index in [9.17, 15) is 8.78 Å². The summed E-state index contributed by atoms with van der Waals surface area (Å²) in [5, 5.41) is 0.574. The summed E-state index contributed by atoms with van der Waals surface area (Å²) < 4.78 is 43.0. The average molecular weight is 422 g/mol. The Morgan fingerprint density at radius 1 is 0.962 bits per heavy atom. The number of hydrogen-bond donors (Lipinski definition) is 0. The first kappa shape index (κ1) is 17.3. The summed E-state index contributed by atoms with van der Waals surface area (Å²) in [4.78, 5) is 10.6. The molecule has 3 nitrogen and oxygen atoms in total. The molecule has 0 amide bonds. The van der Waals surface area contributed by atoms with E-state index in [1.54, 1.807) is 6.07 Å². The van der Waals surface area contributed by atoms with Crippen LogP contribution in [0.4, 0.5) is 19.0 Å². The van der Waals surface area contributed by atoms with E-state index in [2.05, 4.69) is 30.8 Å². The molecule has 0 spiro atoms. The third-order valence-electron chi connectivity index (χ3n) is 4.66. The van der Waals surface area contributed by atoms with Crippen molar-refractivity contribution in [2.75, 3.05) is 18.0 Å². The normalized spacial score (nSPS) is 14.8. The Kier molecular flexibility index (Phi) is 4.56. The lowest BCUT2D eigenvalue weighted by Crippen LogP contribution is -2.30. The van der Waals surface area contributed by atoms with Gasteiger partial charge in [-0.15, -0.1) is 0 Å². The lowest BCUT2D eigenvalue weighted by Gasteiger charge is -2.28. The summed E-state index contributed by atoms with van der Waals surface area (Å²) in [7, 11) is 0. The number of rotatable bonds is 2. The van der Waals surface area contributed by atoms with Crippen LogP contribution >= 0.6 is 15.9 Å². The Balaban J connectivity index is 1.92. The van der Waals surface area contributed by atoms with Gasteiger partial charge in [0.15, 0.2) is 5.82 Å². The fourth-order valence-corrected chi connectivity index (χ4v) is 4.03. The van der Waals surface area contributed by atoms with Crippen LogP contribution in [0.1, 0.15) is 19.3 Å². The second-order valence-electron chi connectivity index (χ2n) is 6.31. The Morgan fingerprint density at radius 2 is 1.73 bits per heavy atom. The van der Waals surface area contributed by atoms with Gasteiger partial charge in [0.2, 0.25) is 0 Å². The molecule has 2 heterocycles. The first-order valence-electron chi connectivity index (χ1n) is 8.39. The van der Waals surface area contributed by atoms with E-state index in [1.165, 1.54) is 18.8 Å². The van der Waals surface area contributed by atoms with Crippen LogP contribution < -0.4 is 4.90 Å². The van der Waals surface area contributed by atoms with Gasteiger partial charge in [0, 0.05) is 40.1 Å². The molecular weight excluding hydrogens is 407 g/mol. The zero-order valence-corrected chi connectivity index (χ0v) is 15.4. The van der Waals surface area contributed by atoms with Crippen molar-refractivity contribution in [3.05, 3.63) is 52.5 Å². The second kappa shape index (κ2) is 6.87. The Labute approximate surface area is 157 Å². The van der Waals surface area contributed by atoms with Crippen molar-refractivity contribution in [3.8, 4) is 11.1 Å². The molecule has 2 aromatic carbocycles. The van der Waals surface area contributed by atoms with Crippen LogP contribution in [0, 0.1) is 17.5 Å². The van der Waals surface area contributed by atoms with Gasteiger partial charge in [0.1, 0.15) is 29.3 Å². The maximum absolute atomic E-state index is 15.2. The predicted octanol–water partition coefficient (Wildman–Crippen LogP) is 5.47. The molecule has 0 saturated carbocycles. The van der Waals surface area contributed by atoms with Gasteiger partial charge in [0.05, 0.1) is 0 Å². The highest BCUT2D eigenvalue weighted by molar-refractivity contribution is 9.10. The van der Waals surface area contributed by atoms with Gasteiger partial charge in [-0.25, -0.2) is 23.1 Å². The fourth-order valence-electron chi connectivity index (χ4n) is 3.41. The highest BCUT2D eigenvalue weighted by Crippen LogP contribution is 2.39. The van der Waals surface area contributed by atoms with Crippen molar-refractivity contribution >= 4 is 32.7 Å². The predicted molar refractivity (Wildman–Crippen MR) is 98.6 cm³/mol. The van der Waals surface area contributed by atoms with Crippen molar-refractivity contribution in [2.45, 2.75) is 19.3 Å². The zero-order chi connectivity index (χ0) is 18.3. The molecule has 3 aromatic rings. The first-order chi connectivity index (χ1) is 12.6. The number of aromatic nitrogens is 2. The van der Waals surface area contributed by atoms with Gasteiger partial charge >= 0.3 is 0 Å². The molecule has 0 atom stereocenters. The molecule has 1 fully saturated rings. The largest absolute Gasteiger partial charge is 0.356 e. The molecular formula is C19H15BrF3N3. The Hall–Kier alpha value is -2.15. The molecule has 0 unspecified atom stereocenters. The van der Waals surface area contributed by atoms with Gasteiger partial charge in [-0.3, -0.25) is 0 Å². The molecule has 7 heteroatoms. The van der Waals surface area contributed by atoms with Crippen LogP contribution in [0.15, 0.2) is 35.1 Å². The molecule has 0 bridgehead atoms. The molecule has 1 aliphatic heterocycles. The van der Waals surface area contributed by atoms with E-state index in [4.69, 9.17) is 0 Å². The van der Waals surface area contributed by atoms with Crippen LogP contribution in [0.3, 0.4) is 0 Å².